The van der Waals surface area contributed by atoms with Crippen LogP contribution in [0.4, 0.5) is 10.5 Å². The molecule has 0 radical (unpaired) electrons. The second kappa shape index (κ2) is 9.41. The summed E-state index contributed by atoms with van der Waals surface area (Å²) < 4.78 is 10.9. The molecule has 1 saturated heterocycles. The molecule has 0 aliphatic carbocycles. The summed E-state index contributed by atoms with van der Waals surface area (Å²) in [5.41, 5.74) is 1.44. The lowest BCUT2D eigenvalue weighted by Crippen LogP contribution is -2.40. The van der Waals surface area contributed by atoms with Gasteiger partial charge in [-0.05, 0) is 48.6 Å². The topological polar surface area (TPSA) is 83.7 Å². The highest BCUT2D eigenvalue weighted by Gasteiger charge is 2.24. The van der Waals surface area contributed by atoms with Crippen molar-refractivity contribution in [2.45, 2.75) is 25.5 Å². The molecule has 1 aromatic heterocycles. The number of carbonyl (C=O) groups is 1. The number of para-hydroxylation sites is 1. The van der Waals surface area contributed by atoms with Gasteiger partial charge in [-0.15, -0.1) is 0 Å². The van der Waals surface area contributed by atoms with Crippen LogP contribution in [0.25, 0.3) is 10.9 Å². The molecular formula is C23H24ClN3O4. The maximum Gasteiger partial charge on any atom is 0.322 e. The first-order chi connectivity index (χ1) is 15.0. The SMILES string of the molecule is COc1ccc2cc(CN(C[C@H]3CCCO3)C(=O)Nc3ccccc3Cl)c(=O)[nH]c2c1. The van der Waals surface area contributed by atoms with Crippen LogP contribution in [-0.2, 0) is 11.3 Å². The number of aromatic nitrogens is 1. The van der Waals surface area contributed by atoms with E-state index in [-0.39, 0.29) is 24.2 Å². The molecule has 3 aromatic rings. The Balaban J connectivity index is 1.60. The molecule has 0 spiro atoms. The van der Waals surface area contributed by atoms with E-state index in [2.05, 4.69) is 10.3 Å². The molecular weight excluding hydrogens is 418 g/mol. The first-order valence-electron chi connectivity index (χ1n) is 10.2. The molecule has 8 heteroatoms. The molecule has 4 rings (SSSR count). The van der Waals surface area contributed by atoms with Crippen LogP contribution in [0.3, 0.4) is 0 Å². The van der Waals surface area contributed by atoms with Crippen LogP contribution in [-0.4, -0.2) is 42.3 Å². The van der Waals surface area contributed by atoms with E-state index in [1.54, 1.807) is 48.4 Å². The molecule has 2 N–H and O–H groups in total. The molecule has 31 heavy (non-hydrogen) atoms. The first kappa shape index (κ1) is 21.2. The lowest BCUT2D eigenvalue weighted by atomic mass is 10.1. The van der Waals surface area contributed by atoms with Gasteiger partial charge in [0.05, 0.1) is 36.0 Å². The predicted molar refractivity (Wildman–Crippen MR) is 121 cm³/mol. The summed E-state index contributed by atoms with van der Waals surface area (Å²) in [6, 6.07) is 14.0. The van der Waals surface area contributed by atoms with Crippen LogP contribution in [0.15, 0.2) is 53.3 Å². The van der Waals surface area contributed by atoms with Gasteiger partial charge in [0.2, 0.25) is 0 Å². The van der Waals surface area contributed by atoms with Gasteiger partial charge < -0.3 is 24.7 Å². The number of halogens is 1. The largest absolute Gasteiger partial charge is 0.497 e. The van der Waals surface area contributed by atoms with E-state index < -0.39 is 0 Å². The quantitative estimate of drug-likeness (QED) is 0.593. The van der Waals surface area contributed by atoms with Crippen LogP contribution in [0, 0.1) is 0 Å². The number of fused-ring (bicyclic) bond motifs is 1. The van der Waals surface area contributed by atoms with Gasteiger partial charge in [0.25, 0.3) is 5.56 Å². The van der Waals surface area contributed by atoms with Gasteiger partial charge in [-0.2, -0.15) is 0 Å². The number of ether oxygens (including phenoxy) is 2. The molecule has 7 nitrogen and oxygen atoms in total. The summed E-state index contributed by atoms with van der Waals surface area (Å²) in [6.07, 6.45) is 1.79. The Kier molecular flexibility index (Phi) is 6.44. The Morgan fingerprint density at radius 1 is 1.29 bits per heavy atom. The van der Waals surface area contributed by atoms with E-state index in [4.69, 9.17) is 21.1 Å². The van der Waals surface area contributed by atoms with Crippen molar-refractivity contribution in [3.05, 3.63) is 69.5 Å². The Hall–Kier alpha value is -3.03. The molecule has 1 aliphatic rings. The minimum absolute atomic E-state index is 0.0548. The number of urea groups is 1. The predicted octanol–water partition coefficient (Wildman–Crippen LogP) is 4.40. The number of benzene rings is 2. The molecule has 2 heterocycles. The van der Waals surface area contributed by atoms with Gasteiger partial charge in [-0.25, -0.2) is 4.79 Å². The number of anilines is 1. The fourth-order valence-electron chi connectivity index (χ4n) is 3.69. The molecule has 1 atom stereocenters. The number of methoxy groups -OCH3 is 1. The standard InChI is InChI=1S/C23H24ClN3O4/c1-30-17-9-8-15-11-16(22(28)25-21(15)12-17)13-27(14-18-5-4-10-31-18)23(29)26-20-7-3-2-6-19(20)24/h2-3,6-9,11-12,18H,4-5,10,13-14H2,1H3,(H,25,28)(H,26,29)/t18-/m1/s1. The third kappa shape index (κ3) is 5.00. The summed E-state index contributed by atoms with van der Waals surface area (Å²) in [5.74, 6) is 0.662. The number of nitrogens with one attached hydrogen (secondary N) is 2. The Morgan fingerprint density at radius 2 is 2.13 bits per heavy atom. The second-order valence-corrected chi connectivity index (χ2v) is 7.91. The van der Waals surface area contributed by atoms with E-state index in [9.17, 15) is 9.59 Å². The summed E-state index contributed by atoms with van der Waals surface area (Å²) >= 11 is 6.20. The molecule has 0 bridgehead atoms. The fraction of sp³-hybridized carbons (Fsp3) is 0.304. The first-order valence-corrected chi connectivity index (χ1v) is 10.5. The minimum Gasteiger partial charge on any atom is -0.497 e. The third-order valence-corrected chi connectivity index (χ3v) is 5.67. The van der Waals surface area contributed by atoms with Gasteiger partial charge in [0.1, 0.15) is 5.75 Å². The number of pyridine rings is 1. The number of amides is 2. The molecule has 2 amide bonds. The zero-order valence-corrected chi connectivity index (χ0v) is 17.9. The van der Waals surface area contributed by atoms with Crippen molar-refractivity contribution in [3.8, 4) is 5.75 Å². The van der Waals surface area contributed by atoms with E-state index in [0.717, 1.165) is 18.2 Å². The fourth-order valence-corrected chi connectivity index (χ4v) is 3.87. The molecule has 2 aromatic carbocycles. The number of hydrogen-bond acceptors (Lipinski definition) is 4. The average Bonchev–Trinajstić information content (AvgIpc) is 3.28. The van der Waals surface area contributed by atoms with Crippen molar-refractivity contribution in [3.63, 3.8) is 0 Å². The van der Waals surface area contributed by atoms with Gasteiger partial charge in [0, 0.05) is 24.8 Å². The summed E-state index contributed by atoms with van der Waals surface area (Å²) in [7, 11) is 1.58. The normalized spacial score (nSPS) is 15.7. The van der Waals surface area contributed by atoms with E-state index in [0.29, 0.717) is 40.7 Å². The maximum atomic E-state index is 13.1. The van der Waals surface area contributed by atoms with Crippen LogP contribution in [0.1, 0.15) is 18.4 Å². The third-order valence-electron chi connectivity index (χ3n) is 5.34. The van der Waals surface area contributed by atoms with Crippen LogP contribution < -0.4 is 15.6 Å². The van der Waals surface area contributed by atoms with Crippen molar-refractivity contribution < 1.29 is 14.3 Å². The summed E-state index contributed by atoms with van der Waals surface area (Å²) in [6.45, 7) is 1.22. The monoisotopic (exact) mass is 441 g/mol. The Labute approximate surface area is 184 Å². The molecule has 0 unspecified atom stereocenters. The molecule has 0 saturated carbocycles. The number of nitrogens with zero attached hydrogens (tertiary/aromatic N) is 1. The Morgan fingerprint density at radius 3 is 2.87 bits per heavy atom. The number of carbonyl (C=O) groups excluding carboxylic acids is 1. The number of hydrogen-bond donors (Lipinski definition) is 2. The van der Waals surface area contributed by atoms with Crippen molar-refractivity contribution in [1.29, 1.82) is 0 Å². The van der Waals surface area contributed by atoms with Gasteiger partial charge in [0.15, 0.2) is 0 Å². The van der Waals surface area contributed by atoms with Crippen molar-refractivity contribution in [1.82, 2.24) is 9.88 Å². The van der Waals surface area contributed by atoms with Gasteiger partial charge >= 0.3 is 6.03 Å². The number of rotatable bonds is 6. The number of aromatic amines is 1. The lowest BCUT2D eigenvalue weighted by molar-refractivity contribution is 0.0818. The molecule has 1 fully saturated rings. The van der Waals surface area contributed by atoms with Crippen LogP contribution in [0.2, 0.25) is 5.02 Å². The van der Waals surface area contributed by atoms with Crippen molar-refractivity contribution in [2.75, 3.05) is 25.6 Å². The molecule has 162 valence electrons. The summed E-state index contributed by atoms with van der Waals surface area (Å²) in [4.78, 5) is 30.3. The second-order valence-electron chi connectivity index (χ2n) is 7.50. The zero-order chi connectivity index (χ0) is 21.8. The highest BCUT2D eigenvalue weighted by molar-refractivity contribution is 6.33. The van der Waals surface area contributed by atoms with Crippen LogP contribution >= 0.6 is 11.6 Å². The highest BCUT2D eigenvalue weighted by Crippen LogP contribution is 2.23. The minimum atomic E-state index is -0.335. The van der Waals surface area contributed by atoms with Crippen molar-refractivity contribution in [2.24, 2.45) is 0 Å². The lowest BCUT2D eigenvalue weighted by Gasteiger charge is -2.26. The zero-order valence-electron chi connectivity index (χ0n) is 17.2. The Bertz CT molecular complexity index is 1140. The smallest absolute Gasteiger partial charge is 0.322 e. The maximum absolute atomic E-state index is 13.1. The highest BCUT2D eigenvalue weighted by atomic mass is 35.5. The van der Waals surface area contributed by atoms with E-state index in [1.807, 2.05) is 12.1 Å². The van der Waals surface area contributed by atoms with Gasteiger partial charge in [-0.3, -0.25) is 4.79 Å². The van der Waals surface area contributed by atoms with Crippen molar-refractivity contribution >= 4 is 34.2 Å². The molecule has 1 aliphatic heterocycles. The van der Waals surface area contributed by atoms with Gasteiger partial charge in [-0.1, -0.05) is 23.7 Å². The van der Waals surface area contributed by atoms with E-state index >= 15 is 0 Å². The average molecular weight is 442 g/mol. The number of H-pyrrole nitrogens is 1. The van der Waals surface area contributed by atoms with Crippen LogP contribution in [0.5, 0.6) is 5.75 Å². The summed E-state index contributed by atoms with van der Waals surface area (Å²) in [5, 5.41) is 4.16. The van der Waals surface area contributed by atoms with E-state index in [1.165, 1.54) is 0 Å².